The number of aromatic nitrogens is 2. The number of ether oxygens (including phenoxy) is 1. The summed E-state index contributed by atoms with van der Waals surface area (Å²) < 4.78 is 10.7. The first-order valence-electron chi connectivity index (χ1n) is 25.9. The Hall–Kier alpha value is -8.20. The van der Waals surface area contributed by atoms with Gasteiger partial charge in [-0.1, -0.05) is 125 Å². The Morgan fingerprint density at radius 1 is 0.783 bits per heavy atom. The number of aryl methyl sites for hydroxylation is 1. The van der Waals surface area contributed by atoms with Crippen LogP contribution in [-0.2, 0) is 4.79 Å². The van der Waals surface area contributed by atoms with Crippen LogP contribution in [0.2, 0.25) is 0 Å². The van der Waals surface area contributed by atoms with Crippen molar-refractivity contribution < 1.29 is 39.1 Å². The maximum atomic E-state index is 12.5. The van der Waals surface area contributed by atoms with Gasteiger partial charge in [-0.2, -0.15) is 4.98 Å². The van der Waals surface area contributed by atoms with Gasteiger partial charge in [-0.3, -0.25) is 14.4 Å². The largest absolute Gasteiger partial charge is 0.429 e. The number of aliphatic hydroxyl groups is 2. The number of oxime groups is 1. The number of amidine groups is 1. The minimum atomic E-state index is -0.972. The number of nitrogens with two attached hydrogens (primary N) is 3. The van der Waals surface area contributed by atoms with Crippen LogP contribution in [0.15, 0.2) is 86.9 Å². The number of benzene rings is 4. The Labute approximate surface area is 503 Å². The fourth-order valence-electron chi connectivity index (χ4n) is 7.61. The van der Waals surface area contributed by atoms with Crippen molar-refractivity contribution >= 4 is 73.9 Å². The molecule has 11 N–H and O–H groups in total. The topological polar surface area (TPSA) is 283 Å². The molecule has 0 fully saturated rings. The molecular formula is C64H91BrN10O8. The first kappa shape index (κ1) is 79.0. The summed E-state index contributed by atoms with van der Waals surface area (Å²) in [6.45, 7) is 33.2. The summed E-state index contributed by atoms with van der Waals surface area (Å²) in [5.41, 5.74) is 20.7. The van der Waals surface area contributed by atoms with E-state index in [0.717, 1.165) is 47.1 Å². The second-order valence-electron chi connectivity index (χ2n) is 18.6. The fraction of sp³-hybridized carbons (Fsp3) is 0.438. The number of anilines is 4. The van der Waals surface area contributed by atoms with Crippen molar-refractivity contribution in [2.24, 2.45) is 10.9 Å². The number of nitrogen functional groups attached to an aromatic ring is 2. The number of hydrogen-bond donors (Lipinski definition) is 8. The number of carbonyl (C=O) groups excluding carboxylic acids is 3. The van der Waals surface area contributed by atoms with Gasteiger partial charge in [0.2, 0.25) is 0 Å². The first-order valence-corrected chi connectivity index (χ1v) is 26.6. The zero-order valence-corrected chi connectivity index (χ0v) is 48.5. The third kappa shape index (κ3) is 23.7. The van der Waals surface area contributed by atoms with E-state index in [1.807, 2.05) is 45.9 Å². The molecule has 0 saturated heterocycles. The van der Waals surface area contributed by atoms with E-state index in [4.69, 9.17) is 51.2 Å². The Balaban J connectivity index is -0.000000962. The molecule has 0 saturated carbocycles. The number of fused-ring (bicyclic) bond motifs is 2. The molecule has 0 aliphatic carbocycles. The van der Waals surface area contributed by atoms with Crippen LogP contribution in [0.25, 0.3) is 21.1 Å². The van der Waals surface area contributed by atoms with Crippen LogP contribution in [0, 0.1) is 44.3 Å². The molecule has 2 aliphatic heterocycles. The molecule has 18 nitrogen and oxygen atoms in total. The van der Waals surface area contributed by atoms with Gasteiger partial charge < -0.3 is 52.5 Å². The van der Waals surface area contributed by atoms with Crippen LogP contribution < -0.4 is 32.6 Å². The van der Waals surface area contributed by atoms with Crippen molar-refractivity contribution in [2.75, 3.05) is 22.1 Å². The van der Waals surface area contributed by atoms with E-state index in [2.05, 4.69) is 97.0 Å². The summed E-state index contributed by atoms with van der Waals surface area (Å²) in [5.74, 6) is 9.92. The monoisotopic (exact) mass is 1210 g/mol. The highest BCUT2D eigenvalue weighted by molar-refractivity contribution is 9.10. The van der Waals surface area contributed by atoms with E-state index in [9.17, 15) is 24.6 Å². The highest BCUT2D eigenvalue weighted by atomic mass is 79.9. The van der Waals surface area contributed by atoms with Crippen LogP contribution in [0.5, 0.6) is 5.75 Å². The maximum absolute atomic E-state index is 12.5. The van der Waals surface area contributed by atoms with Crippen LogP contribution >= 0.6 is 15.9 Å². The third-order valence-electron chi connectivity index (χ3n) is 13.5. The normalized spacial score (nSPS) is 12.7. The minimum absolute atomic E-state index is 0. The van der Waals surface area contributed by atoms with Gasteiger partial charge in [0, 0.05) is 73.4 Å². The number of nitrogens with one attached hydrogen (secondary N) is 2. The van der Waals surface area contributed by atoms with E-state index >= 15 is 0 Å². The van der Waals surface area contributed by atoms with Crippen molar-refractivity contribution in [3.63, 3.8) is 0 Å². The Morgan fingerprint density at radius 3 is 1.63 bits per heavy atom. The second kappa shape index (κ2) is 37.7. The number of halogens is 1. The van der Waals surface area contributed by atoms with Crippen molar-refractivity contribution in [1.29, 1.82) is 0 Å². The van der Waals surface area contributed by atoms with Crippen LogP contribution in [0.1, 0.15) is 188 Å². The molecule has 0 bridgehead atoms. The zero-order valence-electron chi connectivity index (χ0n) is 46.9. The van der Waals surface area contributed by atoms with Gasteiger partial charge in [0.05, 0.1) is 13.1 Å². The van der Waals surface area contributed by atoms with Crippen molar-refractivity contribution in [2.45, 2.75) is 185 Å². The van der Waals surface area contributed by atoms with Crippen LogP contribution in [-0.4, -0.2) is 71.7 Å². The molecule has 4 aromatic carbocycles. The van der Waals surface area contributed by atoms with Gasteiger partial charge in [0.15, 0.2) is 28.8 Å². The molecule has 3 heterocycles. The Kier molecular flexibility index (Phi) is 35.9. The summed E-state index contributed by atoms with van der Waals surface area (Å²) >= 11 is 3.22. The smallest absolute Gasteiger partial charge is 0.298 e. The lowest BCUT2D eigenvalue weighted by molar-refractivity contribution is -0.120. The van der Waals surface area contributed by atoms with Crippen molar-refractivity contribution in [3.05, 3.63) is 123 Å². The first-order chi connectivity index (χ1) is 37.4. The van der Waals surface area contributed by atoms with Crippen LogP contribution in [0.4, 0.5) is 34.1 Å². The summed E-state index contributed by atoms with van der Waals surface area (Å²) in [4.78, 5) is 45.8. The van der Waals surface area contributed by atoms with Gasteiger partial charge in [-0.25, -0.2) is 9.69 Å². The molecule has 452 valence electrons. The molecule has 0 amide bonds. The predicted octanol–water partition coefficient (Wildman–Crippen LogP) is 15.2. The average Bonchev–Trinajstić information content (AvgIpc) is 3.92. The van der Waals surface area contributed by atoms with Crippen LogP contribution in [0.3, 0.4) is 0 Å². The van der Waals surface area contributed by atoms with E-state index in [1.54, 1.807) is 61.5 Å². The highest BCUT2D eigenvalue weighted by Crippen LogP contribution is 2.38. The number of ketones is 2. The van der Waals surface area contributed by atoms with Crippen molar-refractivity contribution in [1.82, 2.24) is 10.1 Å². The molecule has 5 aromatic rings. The molecule has 0 atom stereocenters. The maximum Gasteiger partial charge on any atom is 0.298 e. The lowest BCUT2D eigenvalue weighted by Crippen LogP contribution is -2.43. The molecule has 83 heavy (non-hydrogen) atoms. The predicted molar refractivity (Wildman–Crippen MR) is 344 cm³/mol. The highest BCUT2D eigenvalue weighted by Gasteiger charge is 2.37. The molecule has 19 heteroatoms. The third-order valence-corrected chi connectivity index (χ3v) is 14.2. The summed E-state index contributed by atoms with van der Waals surface area (Å²) in [6.07, 6.45) is 12.1. The molecule has 0 spiro atoms. The van der Waals surface area contributed by atoms with E-state index in [-0.39, 0.29) is 58.2 Å². The van der Waals surface area contributed by atoms with Gasteiger partial charge in [-0.05, 0) is 142 Å². The number of Topliss-reactive ketones (excluding diaryl/α,β-unsaturated/α-hetero) is 2. The molecule has 2 aliphatic rings. The van der Waals surface area contributed by atoms with Crippen molar-refractivity contribution in [3.8, 4) is 41.4 Å². The zero-order chi connectivity index (χ0) is 59.6. The number of rotatable bonds is 11. The second-order valence-corrected chi connectivity index (χ2v) is 19.4. The van der Waals surface area contributed by atoms with E-state index < -0.39 is 11.2 Å². The number of nitrogens with zero attached hydrogens (tertiary/aromatic N) is 5. The number of terminal acetylenes is 1. The summed E-state index contributed by atoms with van der Waals surface area (Å²) in [7, 11) is 0. The summed E-state index contributed by atoms with van der Waals surface area (Å²) in [5, 5.41) is 40.2. The van der Waals surface area contributed by atoms with Gasteiger partial charge in [0.25, 0.3) is 12.4 Å². The fourth-order valence-corrected chi connectivity index (χ4v) is 7.98. The number of carbonyl (C=O) groups is 3. The van der Waals surface area contributed by atoms with E-state index in [1.165, 1.54) is 6.92 Å². The minimum Gasteiger partial charge on any atom is -0.429 e. The summed E-state index contributed by atoms with van der Waals surface area (Å²) in [6, 6.07) is 20.8. The SMILES string of the molecule is C.C.C.C.C#CC(O)(CC)CC.CC(N)=NO.CCC1(CC)CC(=O)c2cc(-c3nc(C)no3)ccc2N1.CCC1(CC)CC(=O)c2cc(OC=O)ccc2N1.[C-]#[N+]c1ccc(N)c(Br)c1.[C-]#[N+]c1ccc(N)c(C#CC(O)(CC)CC)c1. The van der Waals surface area contributed by atoms with E-state index in [0.29, 0.717) is 102 Å². The Bertz CT molecular complexity index is 3070. The molecule has 0 unspecified atom stereocenters. The van der Waals surface area contributed by atoms with Gasteiger partial charge in [-0.15, -0.1) is 6.42 Å². The molecule has 1 aromatic heterocycles. The quantitative estimate of drug-likeness (QED) is 0.00892. The number of hydrogen-bond acceptors (Lipinski definition) is 15. The lowest BCUT2D eigenvalue weighted by Gasteiger charge is -2.38. The lowest BCUT2D eigenvalue weighted by atomic mass is 9.81. The molecule has 0 radical (unpaired) electrons. The average molecular weight is 1210 g/mol. The Morgan fingerprint density at radius 2 is 1.24 bits per heavy atom. The standard InChI is InChI=1S/C16H19N3O2.C14H16N2O.C14H17NO3.C7H5BrN2.C7H12O.C2H6N2O.4CH4/c1-4-16(5-2)9-14(20)12-8-11(6-7-13(12)18-16)15-17-10(3)19-21-15;1-4-14(17,5-2)9-8-11-10-12(16-3)6-7-13(11)15;1-3-14(4-2)8-13(17)11-7-10(18-9-16)5-6-12(11)15-14;1-10-5-2-3-7(9)6(8)4-5;1-4-7(8,5-2)6-3;1-2(3)4-5;;;;/h6-8,18H,4-5,9H2,1-3H3;6-7,10,17H,4-5,15H2,1-2H3;5-7,9,15H,3-4,8H2,1-2H3;2-4H,9H2;1,8H,5-6H2,2-3H3;5H,1H3,(H2,3,4);4*1H4. The van der Waals surface area contributed by atoms with Gasteiger partial charge >= 0.3 is 0 Å². The van der Waals surface area contributed by atoms with Gasteiger partial charge in [0.1, 0.15) is 22.8 Å². The molecular weight excluding hydrogens is 1120 g/mol. The molecule has 7 rings (SSSR count).